The number of nitrogens with one attached hydrogen (secondary N) is 1. The summed E-state index contributed by atoms with van der Waals surface area (Å²) in [6.45, 7) is 3.99. The largest absolute Gasteiger partial charge is 0.493 e. The SMILES string of the molecule is CCOC(=O)C1=C(C)NC2=C(C(=O)CCC2)[C@H]1c1ccc(OCc2cccc(F)c2)c(OC)c1. The highest BCUT2D eigenvalue weighted by atomic mass is 19.1. The van der Waals surface area contributed by atoms with Crippen LogP contribution in [-0.2, 0) is 20.9 Å². The van der Waals surface area contributed by atoms with E-state index >= 15 is 0 Å². The Balaban J connectivity index is 1.71. The Morgan fingerprint density at radius 3 is 2.71 bits per heavy atom. The summed E-state index contributed by atoms with van der Waals surface area (Å²) >= 11 is 0. The van der Waals surface area contributed by atoms with Gasteiger partial charge in [0.25, 0.3) is 0 Å². The Morgan fingerprint density at radius 1 is 1.15 bits per heavy atom. The van der Waals surface area contributed by atoms with E-state index in [4.69, 9.17) is 14.2 Å². The van der Waals surface area contributed by atoms with Gasteiger partial charge in [-0.2, -0.15) is 0 Å². The Hall–Kier alpha value is -3.61. The molecule has 0 bridgehead atoms. The van der Waals surface area contributed by atoms with Crippen LogP contribution >= 0.6 is 0 Å². The van der Waals surface area contributed by atoms with E-state index in [2.05, 4.69) is 5.32 Å². The van der Waals surface area contributed by atoms with Crippen LogP contribution in [0.3, 0.4) is 0 Å². The van der Waals surface area contributed by atoms with Crippen molar-refractivity contribution in [3.8, 4) is 11.5 Å². The molecule has 0 spiro atoms. The lowest BCUT2D eigenvalue weighted by Gasteiger charge is -2.34. The fraction of sp³-hybridized carbons (Fsp3) is 0.333. The monoisotopic (exact) mass is 465 g/mol. The molecule has 1 N–H and O–H groups in total. The van der Waals surface area contributed by atoms with E-state index in [0.29, 0.717) is 40.3 Å². The molecule has 6 nitrogen and oxygen atoms in total. The van der Waals surface area contributed by atoms with Crippen LogP contribution in [0.1, 0.15) is 50.2 Å². The molecule has 0 unspecified atom stereocenters. The molecule has 0 aromatic heterocycles. The van der Waals surface area contributed by atoms with E-state index in [1.807, 2.05) is 13.0 Å². The van der Waals surface area contributed by atoms with Crippen molar-refractivity contribution in [2.24, 2.45) is 0 Å². The lowest BCUT2D eigenvalue weighted by atomic mass is 9.75. The van der Waals surface area contributed by atoms with Crippen molar-refractivity contribution in [2.75, 3.05) is 13.7 Å². The molecule has 2 aliphatic rings. The molecular formula is C27H28FNO5. The number of carbonyl (C=O) groups is 2. The van der Waals surface area contributed by atoms with Crippen molar-refractivity contribution in [3.05, 3.63) is 81.9 Å². The zero-order valence-corrected chi connectivity index (χ0v) is 19.6. The zero-order valence-electron chi connectivity index (χ0n) is 19.6. The minimum Gasteiger partial charge on any atom is -0.493 e. The molecule has 0 saturated heterocycles. The molecule has 7 heteroatoms. The average molecular weight is 466 g/mol. The van der Waals surface area contributed by atoms with Gasteiger partial charge < -0.3 is 19.5 Å². The maximum absolute atomic E-state index is 13.5. The second kappa shape index (κ2) is 10.1. The van der Waals surface area contributed by atoms with Crippen LogP contribution in [0.25, 0.3) is 0 Å². The number of ketones is 1. The standard InChI is InChI=1S/C27H28FNO5/c1-4-33-27(31)24-16(2)29-20-9-6-10-21(30)26(20)25(24)18-11-12-22(23(14-18)32-3)34-15-17-7-5-8-19(28)13-17/h5,7-8,11-14,25,29H,4,6,9-10,15H2,1-3H3/t25-/m0/s1. The first-order chi connectivity index (χ1) is 16.4. The number of carbonyl (C=O) groups excluding carboxylic acids is 2. The Bertz CT molecular complexity index is 1180. The molecule has 1 atom stereocenters. The van der Waals surface area contributed by atoms with Crippen LogP contribution in [0.2, 0.25) is 0 Å². The third-order valence-corrected chi connectivity index (χ3v) is 6.08. The molecule has 178 valence electrons. The fourth-order valence-corrected chi connectivity index (χ4v) is 4.57. The lowest BCUT2D eigenvalue weighted by molar-refractivity contribution is -0.138. The minimum absolute atomic E-state index is 0.0263. The predicted molar refractivity (Wildman–Crippen MR) is 125 cm³/mol. The molecular weight excluding hydrogens is 437 g/mol. The Kier molecular flexibility index (Phi) is 7.01. The molecule has 1 aliphatic carbocycles. The molecule has 2 aromatic carbocycles. The first-order valence-electron chi connectivity index (χ1n) is 11.4. The van der Waals surface area contributed by atoms with E-state index in [-0.39, 0.29) is 24.8 Å². The number of esters is 1. The average Bonchev–Trinajstić information content (AvgIpc) is 2.82. The number of hydrogen-bond acceptors (Lipinski definition) is 6. The normalized spacial score (nSPS) is 17.8. The zero-order chi connectivity index (χ0) is 24.2. The van der Waals surface area contributed by atoms with Crippen molar-refractivity contribution in [3.63, 3.8) is 0 Å². The summed E-state index contributed by atoms with van der Waals surface area (Å²) in [5.74, 6) is -0.379. The van der Waals surface area contributed by atoms with Gasteiger partial charge in [0.15, 0.2) is 17.3 Å². The maximum atomic E-state index is 13.5. The Labute approximate surface area is 198 Å². The van der Waals surface area contributed by atoms with Gasteiger partial charge in [-0.3, -0.25) is 4.79 Å². The summed E-state index contributed by atoms with van der Waals surface area (Å²) in [5.41, 5.74) is 4.00. The van der Waals surface area contributed by atoms with E-state index < -0.39 is 11.9 Å². The minimum atomic E-state index is -0.561. The van der Waals surface area contributed by atoms with Crippen LogP contribution in [0, 0.1) is 5.82 Å². The summed E-state index contributed by atoms with van der Waals surface area (Å²) in [6.07, 6.45) is 1.96. The van der Waals surface area contributed by atoms with Gasteiger partial charge >= 0.3 is 5.97 Å². The lowest BCUT2D eigenvalue weighted by Crippen LogP contribution is -2.34. The first kappa shape index (κ1) is 23.5. The van der Waals surface area contributed by atoms with Gasteiger partial charge in [-0.25, -0.2) is 9.18 Å². The quantitative estimate of drug-likeness (QED) is 0.584. The number of halogens is 1. The van der Waals surface area contributed by atoms with Gasteiger partial charge in [0.2, 0.25) is 0 Å². The highest BCUT2D eigenvalue weighted by Crippen LogP contribution is 2.44. The molecule has 4 rings (SSSR count). The summed E-state index contributed by atoms with van der Waals surface area (Å²) in [7, 11) is 1.53. The number of hydrogen-bond donors (Lipinski definition) is 1. The second-order valence-corrected chi connectivity index (χ2v) is 8.32. The van der Waals surface area contributed by atoms with E-state index in [1.165, 1.54) is 19.2 Å². The predicted octanol–water partition coefficient (Wildman–Crippen LogP) is 4.94. The summed E-state index contributed by atoms with van der Waals surface area (Å²) in [4.78, 5) is 25.9. The topological polar surface area (TPSA) is 73.9 Å². The van der Waals surface area contributed by atoms with Crippen LogP contribution < -0.4 is 14.8 Å². The third-order valence-electron chi connectivity index (χ3n) is 6.08. The number of Topliss-reactive ketones (excluding diaryl/α,β-unsaturated/α-hetero) is 1. The van der Waals surface area contributed by atoms with Crippen molar-refractivity contribution in [1.29, 1.82) is 0 Å². The van der Waals surface area contributed by atoms with Crippen molar-refractivity contribution in [1.82, 2.24) is 5.32 Å². The number of rotatable bonds is 7. The molecule has 0 saturated carbocycles. The van der Waals surface area contributed by atoms with Crippen LogP contribution in [0.4, 0.5) is 4.39 Å². The number of dihydropyridines is 1. The second-order valence-electron chi connectivity index (χ2n) is 8.32. The summed E-state index contributed by atoms with van der Waals surface area (Å²) in [6, 6.07) is 11.6. The first-order valence-corrected chi connectivity index (χ1v) is 11.4. The molecule has 1 heterocycles. The number of methoxy groups -OCH3 is 1. The molecule has 0 fully saturated rings. The molecule has 34 heavy (non-hydrogen) atoms. The van der Waals surface area contributed by atoms with Gasteiger partial charge in [-0.1, -0.05) is 18.2 Å². The van der Waals surface area contributed by atoms with Crippen LogP contribution in [-0.4, -0.2) is 25.5 Å². The van der Waals surface area contributed by atoms with Crippen LogP contribution in [0.5, 0.6) is 11.5 Å². The van der Waals surface area contributed by atoms with Crippen molar-refractivity contribution in [2.45, 2.75) is 45.6 Å². The van der Waals surface area contributed by atoms with Gasteiger partial charge in [0.05, 0.1) is 19.3 Å². The van der Waals surface area contributed by atoms with E-state index in [0.717, 1.165) is 24.1 Å². The number of benzene rings is 2. The molecule has 2 aromatic rings. The van der Waals surface area contributed by atoms with Gasteiger partial charge in [0.1, 0.15) is 12.4 Å². The molecule has 0 radical (unpaired) electrons. The van der Waals surface area contributed by atoms with Gasteiger partial charge in [0, 0.05) is 29.3 Å². The van der Waals surface area contributed by atoms with E-state index in [9.17, 15) is 14.0 Å². The molecule has 1 aliphatic heterocycles. The summed E-state index contributed by atoms with van der Waals surface area (Å²) in [5, 5.41) is 3.27. The highest BCUT2D eigenvalue weighted by Gasteiger charge is 2.39. The van der Waals surface area contributed by atoms with Crippen molar-refractivity contribution >= 4 is 11.8 Å². The Morgan fingerprint density at radius 2 is 1.97 bits per heavy atom. The maximum Gasteiger partial charge on any atom is 0.336 e. The molecule has 0 amide bonds. The smallest absolute Gasteiger partial charge is 0.336 e. The fourth-order valence-electron chi connectivity index (χ4n) is 4.57. The van der Waals surface area contributed by atoms with Gasteiger partial charge in [-0.05, 0) is 62.1 Å². The van der Waals surface area contributed by atoms with Gasteiger partial charge in [-0.15, -0.1) is 0 Å². The highest BCUT2D eigenvalue weighted by molar-refractivity contribution is 6.03. The number of allylic oxidation sites excluding steroid dienone is 3. The number of ether oxygens (including phenoxy) is 3. The van der Waals surface area contributed by atoms with E-state index in [1.54, 1.807) is 31.2 Å². The third kappa shape index (κ3) is 4.69. The van der Waals surface area contributed by atoms with Crippen molar-refractivity contribution < 1.29 is 28.2 Å². The summed E-state index contributed by atoms with van der Waals surface area (Å²) < 4.78 is 30.3. The van der Waals surface area contributed by atoms with Crippen LogP contribution in [0.15, 0.2) is 65.0 Å².